The number of amides is 2. The number of benzene rings is 2. The second-order valence-corrected chi connectivity index (χ2v) is 7.46. The highest BCUT2D eigenvalue weighted by Crippen LogP contribution is 2.31. The average Bonchev–Trinajstić information content (AvgIpc) is 3.34. The zero-order chi connectivity index (χ0) is 19.7. The van der Waals surface area contributed by atoms with Crippen LogP contribution in [0.4, 0.5) is 11.4 Å². The molecule has 3 aromatic rings. The Hall–Kier alpha value is -3.07. The SMILES string of the molecule is Cc1ccc(NC(=O)C2CC(=O)N(c3ccccc3Br)C2)cc1-n1cnnn1. The van der Waals surface area contributed by atoms with Crippen LogP contribution in [0, 0.1) is 12.8 Å². The van der Waals surface area contributed by atoms with Crippen molar-refractivity contribution in [1.82, 2.24) is 20.2 Å². The highest BCUT2D eigenvalue weighted by molar-refractivity contribution is 9.10. The Morgan fingerprint density at radius 2 is 2.04 bits per heavy atom. The van der Waals surface area contributed by atoms with Crippen LogP contribution in [0.25, 0.3) is 5.69 Å². The van der Waals surface area contributed by atoms with Crippen molar-refractivity contribution in [3.63, 3.8) is 0 Å². The maximum atomic E-state index is 12.8. The molecule has 0 bridgehead atoms. The van der Waals surface area contributed by atoms with Gasteiger partial charge in [0, 0.05) is 23.1 Å². The van der Waals surface area contributed by atoms with Gasteiger partial charge in [0.1, 0.15) is 6.33 Å². The van der Waals surface area contributed by atoms with E-state index in [1.165, 1.54) is 6.33 Å². The number of aryl methyl sites for hydroxylation is 1. The molecular formula is C19H17BrN6O2. The predicted octanol–water partition coefficient (Wildman–Crippen LogP) is 2.72. The van der Waals surface area contributed by atoms with Gasteiger partial charge in [0.05, 0.1) is 17.3 Å². The Morgan fingerprint density at radius 3 is 2.79 bits per heavy atom. The van der Waals surface area contributed by atoms with E-state index in [0.717, 1.165) is 21.4 Å². The summed E-state index contributed by atoms with van der Waals surface area (Å²) in [7, 11) is 0. The summed E-state index contributed by atoms with van der Waals surface area (Å²) in [5.74, 6) is -0.669. The van der Waals surface area contributed by atoms with Crippen molar-refractivity contribution >= 4 is 39.1 Å². The van der Waals surface area contributed by atoms with Gasteiger partial charge in [-0.2, -0.15) is 0 Å². The molecule has 9 heteroatoms. The molecule has 1 saturated heterocycles. The van der Waals surface area contributed by atoms with Gasteiger partial charge in [0.2, 0.25) is 11.8 Å². The highest BCUT2D eigenvalue weighted by atomic mass is 79.9. The third kappa shape index (κ3) is 3.53. The third-order valence-corrected chi connectivity index (χ3v) is 5.38. The summed E-state index contributed by atoms with van der Waals surface area (Å²) in [5.41, 5.74) is 3.16. The largest absolute Gasteiger partial charge is 0.326 e. The Labute approximate surface area is 169 Å². The van der Waals surface area contributed by atoms with Crippen LogP contribution in [-0.4, -0.2) is 38.6 Å². The van der Waals surface area contributed by atoms with E-state index in [-0.39, 0.29) is 18.2 Å². The lowest BCUT2D eigenvalue weighted by Gasteiger charge is -2.18. The summed E-state index contributed by atoms with van der Waals surface area (Å²) in [5, 5.41) is 14.1. The molecule has 0 spiro atoms. The molecular weight excluding hydrogens is 424 g/mol. The molecule has 1 atom stereocenters. The molecule has 1 unspecified atom stereocenters. The first kappa shape index (κ1) is 18.3. The van der Waals surface area contributed by atoms with E-state index in [0.29, 0.717) is 12.2 Å². The zero-order valence-corrected chi connectivity index (χ0v) is 16.6. The summed E-state index contributed by atoms with van der Waals surface area (Å²) in [4.78, 5) is 26.9. The minimum atomic E-state index is -0.419. The van der Waals surface area contributed by atoms with Gasteiger partial charge < -0.3 is 10.2 Å². The molecule has 2 aromatic carbocycles. The normalized spacial score (nSPS) is 16.4. The number of carbonyl (C=O) groups excluding carboxylic acids is 2. The van der Waals surface area contributed by atoms with Crippen LogP contribution in [0.2, 0.25) is 0 Å². The molecule has 28 heavy (non-hydrogen) atoms. The number of para-hydroxylation sites is 1. The fraction of sp³-hybridized carbons (Fsp3) is 0.211. The van der Waals surface area contributed by atoms with Crippen LogP contribution in [0.15, 0.2) is 53.3 Å². The fourth-order valence-corrected chi connectivity index (χ4v) is 3.74. The second kappa shape index (κ2) is 7.51. The lowest BCUT2D eigenvalue weighted by Crippen LogP contribution is -2.28. The van der Waals surface area contributed by atoms with E-state index in [2.05, 4.69) is 36.8 Å². The summed E-state index contributed by atoms with van der Waals surface area (Å²) >= 11 is 3.47. The zero-order valence-electron chi connectivity index (χ0n) is 15.0. The van der Waals surface area contributed by atoms with Crippen LogP contribution in [0.3, 0.4) is 0 Å². The molecule has 4 rings (SSSR count). The monoisotopic (exact) mass is 440 g/mol. The van der Waals surface area contributed by atoms with Crippen LogP contribution in [0.1, 0.15) is 12.0 Å². The first-order chi connectivity index (χ1) is 13.5. The third-order valence-electron chi connectivity index (χ3n) is 4.71. The Kier molecular flexibility index (Phi) is 4.91. The quantitative estimate of drug-likeness (QED) is 0.672. The molecule has 0 saturated carbocycles. The number of halogens is 1. The van der Waals surface area contributed by atoms with Crippen molar-refractivity contribution in [3.8, 4) is 5.69 Å². The molecule has 2 amide bonds. The van der Waals surface area contributed by atoms with Crippen molar-refractivity contribution < 1.29 is 9.59 Å². The number of carbonyl (C=O) groups is 2. The van der Waals surface area contributed by atoms with Crippen molar-refractivity contribution in [2.45, 2.75) is 13.3 Å². The number of nitrogens with zero attached hydrogens (tertiary/aromatic N) is 5. The number of anilines is 2. The number of nitrogens with one attached hydrogen (secondary N) is 1. The number of tetrazole rings is 1. The second-order valence-electron chi connectivity index (χ2n) is 6.60. The van der Waals surface area contributed by atoms with E-state index in [1.807, 2.05) is 49.4 Å². The summed E-state index contributed by atoms with van der Waals surface area (Å²) in [6.45, 7) is 2.28. The van der Waals surface area contributed by atoms with Gasteiger partial charge in [-0.15, -0.1) is 5.10 Å². The molecule has 142 valence electrons. The van der Waals surface area contributed by atoms with E-state index < -0.39 is 5.92 Å². The minimum Gasteiger partial charge on any atom is -0.326 e. The van der Waals surface area contributed by atoms with E-state index >= 15 is 0 Å². The van der Waals surface area contributed by atoms with Gasteiger partial charge in [-0.25, -0.2) is 4.68 Å². The topological polar surface area (TPSA) is 93.0 Å². The molecule has 1 N–H and O–H groups in total. The Balaban J connectivity index is 1.50. The van der Waals surface area contributed by atoms with Gasteiger partial charge in [-0.1, -0.05) is 18.2 Å². The maximum Gasteiger partial charge on any atom is 0.229 e. The molecule has 1 aliphatic rings. The standard InChI is InChI=1S/C19H17BrN6O2/c1-12-6-7-14(9-17(12)26-11-21-23-24-26)22-19(28)13-8-18(27)25(10-13)16-5-3-2-4-15(16)20/h2-7,9,11,13H,8,10H2,1H3,(H,22,28). The Bertz CT molecular complexity index is 1040. The van der Waals surface area contributed by atoms with Crippen LogP contribution in [-0.2, 0) is 9.59 Å². The van der Waals surface area contributed by atoms with Gasteiger partial charge >= 0.3 is 0 Å². The lowest BCUT2D eigenvalue weighted by molar-refractivity contribution is -0.122. The molecule has 1 fully saturated rings. The smallest absolute Gasteiger partial charge is 0.229 e. The van der Waals surface area contributed by atoms with Crippen LogP contribution in [0.5, 0.6) is 0 Å². The molecule has 0 radical (unpaired) electrons. The number of aromatic nitrogens is 4. The van der Waals surface area contributed by atoms with Crippen molar-refractivity contribution in [1.29, 1.82) is 0 Å². The van der Waals surface area contributed by atoms with E-state index in [4.69, 9.17) is 0 Å². The van der Waals surface area contributed by atoms with Gasteiger partial charge in [-0.3, -0.25) is 9.59 Å². The first-order valence-electron chi connectivity index (χ1n) is 8.72. The minimum absolute atomic E-state index is 0.0645. The van der Waals surface area contributed by atoms with Crippen molar-refractivity contribution in [3.05, 3.63) is 58.8 Å². The Morgan fingerprint density at radius 1 is 1.21 bits per heavy atom. The van der Waals surface area contributed by atoms with E-state index in [9.17, 15) is 9.59 Å². The van der Waals surface area contributed by atoms with Crippen molar-refractivity contribution in [2.75, 3.05) is 16.8 Å². The first-order valence-corrected chi connectivity index (χ1v) is 9.52. The summed E-state index contributed by atoms with van der Waals surface area (Å²) < 4.78 is 2.37. The van der Waals surface area contributed by atoms with E-state index in [1.54, 1.807) is 9.58 Å². The molecule has 1 aliphatic heterocycles. The predicted molar refractivity (Wildman–Crippen MR) is 107 cm³/mol. The van der Waals surface area contributed by atoms with Gasteiger partial charge in [0.15, 0.2) is 0 Å². The maximum absolute atomic E-state index is 12.8. The molecule has 1 aromatic heterocycles. The summed E-state index contributed by atoms with van der Waals surface area (Å²) in [6, 6.07) is 13.0. The lowest BCUT2D eigenvalue weighted by atomic mass is 10.1. The molecule has 8 nitrogen and oxygen atoms in total. The molecule has 0 aliphatic carbocycles. The van der Waals surface area contributed by atoms with Crippen LogP contribution >= 0.6 is 15.9 Å². The fourth-order valence-electron chi connectivity index (χ4n) is 3.24. The number of hydrogen-bond acceptors (Lipinski definition) is 5. The van der Waals surface area contributed by atoms with Crippen molar-refractivity contribution in [2.24, 2.45) is 5.92 Å². The number of rotatable bonds is 4. The average molecular weight is 441 g/mol. The van der Waals surface area contributed by atoms with Gasteiger partial charge in [0.25, 0.3) is 0 Å². The summed E-state index contributed by atoms with van der Waals surface area (Å²) in [6.07, 6.45) is 1.68. The van der Waals surface area contributed by atoms with Crippen LogP contribution < -0.4 is 10.2 Å². The highest BCUT2D eigenvalue weighted by Gasteiger charge is 2.35. The number of hydrogen-bond donors (Lipinski definition) is 1. The van der Waals surface area contributed by atoms with Gasteiger partial charge in [-0.05, 0) is 63.1 Å². The molecule has 2 heterocycles.